The topological polar surface area (TPSA) is 21.3 Å². The third-order valence-corrected chi connectivity index (χ3v) is 4.55. The number of benzene rings is 1. The van der Waals surface area contributed by atoms with E-state index in [1.807, 2.05) is 19.2 Å². The summed E-state index contributed by atoms with van der Waals surface area (Å²) in [7, 11) is 1.83. The Morgan fingerprint density at radius 3 is 2.40 bits per heavy atom. The maximum absolute atomic E-state index is 5.99. The number of ether oxygens (including phenoxy) is 1. The van der Waals surface area contributed by atoms with Gasteiger partial charge in [0.2, 0.25) is 0 Å². The Morgan fingerprint density at radius 2 is 1.80 bits per heavy atom. The average molecular weight is 296 g/mol. The van der Waals surface area contributed by atoms with Crippen molar-refractivity contribution in [2.75, 3.05) is 7.11 Å². The molecule has 1 N–H and O–H groups in total. The van der Waals surface area contributed by atoms with E-state index in [9.17, 15) is 0 Å². The van der Waals surface area contributed by atoms with Gasteiger partial charge in [0.15, 0.2) is 0 Å². The molecule has 0 aliphatic heterocycles. The highest BCUT2D eigenvalue weighted by Crippen LogP contribution is 2.28. The van der Waals surface area contributed by atoms with E-state index in [1.165, 1.54) is 31.2 Å². The Balaban J connectivity index is 2.10. The number of halogens is 1. The third kappa shape index (κ3) is 3.97. The summed E-state index contributed by atoms with van der Waals surface area (Å²) in [6.45, 7) is 4.52. The molecule has 1 saturated carbocycles. The van der Waals surface area contributed by atoms with Gasteiger partial charge in [-0.2, -0.15) is 0 Å². The minimum absolute atomic E-state index is 0.345. The smallest absolute Gasteiger partial charge is 0.0724 e. The molecule has 3 heteroatoms. The lowest BCUT2D eigenvalue weighted by Gasteiger charge is -2.36. The van der Waals surface area contributed by atoms with E-state index < -0.39 is 0 Å². The largest absolute Gasteiger partial charge is 0.380 e. The van der Waals surface area contributed by atoms with E-state index >= 15 is 0 Å². The summed E-state index contributed by atoms with van der Waals surface area (Å²) in [4.78, 5) is 0. The van der Waals surface area contributed by atoms with Gasteiger partial charge in [-0.3, -0.25) is 0 Å². The van der Waals surface area contributed by atoms with Crippen LogP contribution in [-0.4, -0.2) is 19.3 Å². The van der Waals surface area contributed by atoms with Gasteiger partial charge in [-0.1, -0.05) is 50.4 Å². The molecular weight excluding hydrogens is 270 g/mol. The van der Waals surface area contributed by atoms with Crippen LogP contribution >= 0.6 is 11.6 Å². The van der Waals surface area contributed by atoms with Crippen molar-refractivity contribution < 1.29 is 4.74 Å². The molecule has 0 spiro atoms. The predicted octanol–water partition coefficient (Wildman–Crippen LogP) is 4.58. The van der Waals surface area contributed by atoms with Gasteiger partial charge in [0.1, 0.15) is 0 Å². The van der Waals surface area contributed by atoms with Crippen molar-refractivity contribution in [3.05, 3.63) is 34.9 Å². The molecule has 1 aromatic rings. The summed E-state index contributed by atoms with van der Waals surface area (Å²) >= 11 is 5.99. The Morgan fingerprint density at radius 1 is 1.15 bits per heavy atom. The van der Waals surface area contributed by atoms with Crippen LogP contribution in [0.4, 0.5) is 0 Å². The molecule has 1 fully saturated rings. The summed E-state index contributed by atoms with van der Waals surface area (Å²) in [6, 6.07) is 9.02. The van der Waals surface area contributed by atoms with Crippen molar-refractivity contribution in [2.45, 2.75) is 57.7 Å². The SMILES string of the molecule is COC1CCCCC1NC(c1ccc(Cl)cc1)C(C)C. The molecule has 112 valence electrons. The van der Waals surface area contributed by atoms with Gasteiger partial charge < -0.3 is 10.1 Å². The van der Waals surface area contributed by atoms with Crippen molar-refractivity contribution in [3.63, 3.8) is 0 Å². The maximum Gasteiger partial charge on any atom is 0.0724 e. The van der Waals surface area contributed by atoms with Gasteiger partial charge in [0.25, 0.3) is 0 Å². The molecule has 0 amide bonds. The second kappa shape index (κ2) is 7.44. The molecule has 0 aromatic heterocycles. The van der Waals surface area contributed by atoms with Crippen LogP contribution in [0.3, 0.4) is 0 Å². The first-order valence-electron chi connectivity index (χ1n) is 7.66. The van der Waals surface area contributed by atoms with Crippen molar-refractivity contribution in [2.24, 2.45) is 5.92 Å². The van der Waals surface area contributed by atoms with Gasteiger partial charge in [0.05, 0.1) is 6.10 Å². The van der Waals surface area contributed by atoms with Crippen LogP contribution in [-0.2, 0) is 4.74 Å². The van der Waals surface area contributed by atoms with Crippen LogP contribution in [0.2, 0.25) is 5.02 Å². The molecule has 2 nitrogen and oxygen atoms in total. The first-order valence-corrected chi connectivity index (χ1v) is 8.04. The van der Waals surface area contributed by atoms with E-state index in [0.29, 0.717) is 24.1 Å². The Hall–Kier alpha value is -0.570. The van der Waals surface area contributed by atoms with Crippen molar-refractivity contribution >= 4 is 11.6 Å². The second-order valence-electron chi connectivity index (χ2n) is 6.11. The number of rotatable bonds is 5. The van der Waals surface area contributed by atoms with Gasteiger partial charge in [-0.05, 0) is 36.5 Å². The molecule has 0 bridgehead atoms. The van der Waals surface area contributed by atoms with Crippen LogP contribution in [0.25, 0.3) is 0 Å². The van der Waals surface area contributed by atoms with Gasteiger partial charge >= 0.3 is 0 Å². The van der Waals surface area contributed by atoms with Crippen LogP contribution in [0.15, 0.2) is 24.3 Å². The van der Waals surface area contributed by atoms with Gasteiger partial charge in [-0.15, -0.1) is 0 Å². The first-order chi connectivity index (χ1) is 9.61. The number of nitrogens with one attached hydrogen (secondary N) is 1. The zero-order chi connectivity index (χ0) is 14.5. The monoisotopic (exact) mass is 295 g/mol. The molecule has 20 heavy (non-hydrogen) atoms. The quantitative estimate of drug-likeness (QED) is 0.858. The van der Waals surface area contributed by atoms with Gasteiger partial charge in [-0.25, -0.2) is 0 Å². The average Bonchev–Trinajstić information content (AvgIpc) is 2.46. The maximum atomic E-state index is 5.99. The third-order valence-electron chi connectivity index (χ3n) is 4.29. The predicted molar refractivity (Wildman–Crippen MR) is 85.2 cm³/mol. The Kier molecular flexibility index (Phi) is 5.88. The fraction of sp³-hybridized carbons (Fsp3) is 0.647. The van der Waals surface area contributed by atoms with E-state index in [4.69, 9.17) is 16.3 Å². The molecule has 1 aliphatic rings. The number of hydrogen-bond donors (Lipinski definition) is 1. The summed E-state index contributed by atoms with van der Waals surface area (Å²) in [6.07, 6.45) is 5.29. The van der Waals surface area contributed by atoms with E-state index in [0.717, 1.165) is 5.02 Å². The zero-order valence-corrected chi connectivity index (χ0v) is 13.5. The second-order valence-corrected chi connectivity index (χ2v) is 6.54. The lowest BCUT2D eigenvalue weighted by Crippen LogP contribution is -2.45. The summed E-state index contributed by atoms with van der Waals surface area (Å²) < 4.78 is 5.66. The molecule has 1 aliphatic carbocycles. The highest BCUT2D eigenvalue weighted by Gasteiger charge is 2.28. The molecule has 1 aromatic carbocycles. The zero-order valence-electron chi connectivity index (χ0n) is 12.7. The minimum atomic E-state index is 0.345. The highest BCUT2D eigenvalue weighted by atomic mass is 35.5. The first kappa shape index (κ1) is 15.8. The van der Waals surface area contributed by atoms with Crippen LogP contribution in [0.5, 0.6) is 0 Å². The number of methoxy groups -OCH3 is 1. The Bertz CT molecular complexity index is 404. The van der Waals surface area contributed by atoms with Crippen LogP contribution in [0, 0.1) is 5.92 Å². The Labute approximate surface area is 127 Å². The van der Waals surface area contributed by atoms with E-state index in [1.54, 1.807) is 0 Å². The van der Waals surface area contributed by atoms with Crippen molar-refractivity contribution in [1.29, 1.82) is 0 Å². The molecule has 3 atom stereocenters. The lowest BCUT2D eigenvalue weighted by atomic mass is 9.89. The van der Waals surface area contributed by atoms with Crippen molar-refractivity contribution in [1.82, 2.24) is 5.32 Å². The standard InChI is InChI=1S/C17H26ClNO/c1-12(2)17(13-8-10-14(18)11-9-13)19-15-6-4-5-7-16(15)20-3/h8-12,15-17,19H,4-7H2,1-3H3. The van der Waals surface area contributed by atoms with Crippen LogP contribution < -0.4 is 5.32 Å². The molecule has 3 unspecified atom stereocenters. The number of hydrogen-bond acceptors (Lipinski definition) is 2. The molecule has 0 radical (unpaired) electrons. The van der Waals surface area contributed by atoms with Crippen LogP contribution in [0.1, 0.15) is 51.1 Å². The summed E-state index contributed by atoms with van der Waals surface area (Å²) in [5, 5.41) is 4.62. The highest BCUT2D eigenvalue weighted by molar-refractivity contribution is 6.30. The normalized spacial score (nSPS) is 24.9. The molecular formula is C17H26ClNO. The van der Waals surface area contributed by atoms with E-state index in [-0.39, 0.29) is 0 Å². The molecule has 0 heterocycles. The fourth-order valence-corrected chi connectivity index (χ4v) is 3.27. The fourth-order valence-electron chi connectivity index (χ4n) is 3.14. The van der Waals surface area contributed by atoms with Gasteiger partial charge in [0, 0.05) is 24.2 Å². The molecule has 0 saturated heterocycles. The summed E-state index contributed by atoms with van der Waals surface area (Å²) in [5.74, 6) is 0.538. The lowest BCUT2D eigenvalue weighted by molar-refractivity contribution is 0.0353. The summed E-state index contributed by atoms with van der Waals surface area (Å²) in [5.41, 5.74) is 1.31. The minimum Gasteiger partial charge on any atom is -0.380 e. The van der Waals surface area contributed by atoms with E-state index in [2.05, 4.69) is 31.3 Å². The molecule has 2 rings (SSSR count). The van der Waals surface area contributed by atoms with Crippen molar-refractivity contribution in [3.8, 4) is 0 Å².